The summed E-state index contributed by atoms with van der Waals surface area (Å²) in [6.07, 6.45) is 4.74. The maximum Gasteiger partial charge on any atom is 0.309 e. The third-order valence-electron chi connectivity index (χ3n) is 3.67. The van der Waals surface area contributed by atoms with Crippen molar-refractivity contribution >= 4 is 17.6 Å². The third kappa shape index (κ3) is 3.72. The number of nitrogens with zero attached hydrogens (tertiary/aromatic N) is 3. The first-order valence-electron chi connectivity index (χ1n) is 7.59. The maximum atomic E-state index is 12.4. The molecule has 0 unspecified atom stereocenters. The number of carboxylic acid groups (broad SMARTS) is 1. The number of hydrogen-bond donors (Lipinski definition) is 2. The van der Waals surface area contributed by atoms with Gasteiger partial charge < -0.3 is 15.0 Å². The summed E-state index contributed by atoms with van der Waals surface area (Å²) >= 11 is 0. The number of anilines is 1. The number of aryl methyl sites for hydroxylation is 1. The molecular formula is C18H16N4O3. The van der Waals surface area contributed by atoms with Crippen molar-refractivity contribution in [2.75, 3.05) is 5.32 Å². The Hall–Kier alpha value is -3.48. The highest BCUT2D eigenvalue weighted by Crippen LogP contribution is 2.27. The Balaban J connectivity index is 1.87. The van der Waals surface area contributed by atoms with E-state index in [1.807, 2.05) is 18.2 Å². The van der Waals surface area contributed by atoms with E-state index in [0.29, 0.717) is 17.2 Å². The number of benzene rings is 1. The number of aliphatic carboxylic acids is 1. The SMILES string of the molecule is Cn1ccnc1C(=O)Nc1ccccc1-c1ccc(CC(=O)O)nc1. The molecule has 7 nitrogen and oxygen atoms in total. The van der Waals surface area contributed by atoms with Gasteiger partial charge in [-0.15, -0.1) is 0 Å². The van der Waals surface area contributed by atoms with Gasteiger partial charge >= 0.3 is 5.97 Å². The normalized spacial score (nSPS) is 10.4. The molecule has 0 saturated heterocycles. The maximum absolute atomic E-state index is 12.4. The average molecular weight is 336 g/mol. The van der Waals surface area contributed by atoms with Gasteiger partial charge in [-0.05, 0) is 12.1 Å². The van der Waals surface area contributed by atoms with Gasteiger partial charge in [0.2, 0.25) is 0 Å². The molecule has 7 heteroatoms. The lowest BCUT2D eigenvalue weighted by atomic mass is 10.0. The van der Waals surface area contributed by atoms with Crippen molar-refractivity contribution in [1.82, 2.24) is 14.5 Å². The van der Waals surface area contributed by atoms with Gasteiger partial charge in [-0.2, -0.15) is 0 Å². The summed E-state index contributed by atoms with van der Waals surface area (Å²) in [5.74, 6) is -0.928. The van der Waals surface area contributed by atoms with Crippen LogP contribution in [0.1, 0.15) is 16.3 Å². The average Bonchev–Trinajstić information content (AvgIpc) is 3.02. The van der Waals surface area contributed by atoms with Gasteiger partial charge in [-0.1, -0.05) is 24.3 Å². The second-order valence-electron chi connectivity index (χ2n) is 5.47. The Labute approximate surface area is 144 Å². The Kier molecular flexibility index (Phi) is 4.56. The van der Waals surface area contributed by atoms with Crippen molar-refractivity contribution in [3.63, 3.8) is 0 Å². The Morgan fingerprint density at radius 1 is 1.16 bits per heavy atom. The van der Waals surface area contributed by atoms with Gasteiger partial charge in [0, 0.05) is 42.5 Å². The van der Waals surface area contributed by atoms with E-state index in [1.165, 1.54) is 0 Å². The van der Waals surface area contributed by atoms with Crippen molar-refractivity contribution in [3.8, 4) is 11.1 Å². The molecule has 2 N–H and O–H groups in total. The predicted octanol–water partition coefficient (Wildman–Crippen LogP) is 2.36. The van der Waals surface area contributed by atoms with Gasteiger partial charge in [0.25, 0.3) is 5.91 Å². The molecule has 0 radical (unpaired) electrons. The van der Waals surface area contributed by atoms with E-state index >= 15 is 0 Å². The van der Waals surface area contributed by atoms with Gasteiger partial charge in [-0.3, -0.25) is 14.6 Å². The van der Waals surface area contributed by atoms with Crippen LogP contribution in [0.5, 0.6) is 0 Å². The fourth-order valence-corrected chi connectivity index (χ4v) is 2.45. The number of amides is 1. The molecule has 0 aliphatic rings. The molecule has 0 aliphatic carbocycles. The van der Waals surface area contributed by atoms with Gasteiger partial charge in [-0.25, -0.2) is 4.98 Å². The molecule has 2 aromatic heterocycles. The number of imidazole rings is 1. The highest BCUT2D eigenvalue weighted by molar-refractivity contribution is 6.04. The lowest BCUT2D eigenvalue weighted by Crippen LogP contribution is -2.17. The van der Waals surface area contributed by atoms with Crippen LogP contribution in [-0.2, 0) is 18.3 Å². The number of carboxylic acids is 1. The fraction of sp³-hybridized carbons (Fsp3) is 0.111. The molecule has 0 fully saturated rings. The van der Waals surface area contributed by atoms with Crippen LogP contribution in [0.25, 0.3) is 11.1 Å². The third-order valence-corrected chi connectivity index (χ3v) is 3.67. The first-order valence-corrected chi connectivity index (χ1v) is 7.59. The van der Waals surface area contributed by atoms with Crippen LogP contribution in [0, 0.1) is 0 Å². The van der Waals surface area contributed by atoms with Gasteiger partial charge in [0.1, 0.15) is 0 Å². The van der Waals surface area contributed by atoms with Crippen LogP contribution in [-0.4, -0.2) is 31.5 Å². The van der Waals surface area contributed by atoms with Gasteiger partial charge in [0.05, 0.1) is 12.1 Å². The van der Waals surface area contributed by atoms with Crippen LogP contribution in [0.4, 0.5) is 5.69 Å². The van der Waals surface area contributed by atoms with Crippen LogP contribution in [0.2, 0.25) is 0 Å². The highest BCUT2D eigenvalue weighted by atomic mass is 16.4. The van der Waals surface area contributed by atoms with Crippen molar-refractivity contribution < 1.29 is 14.7 Å². The summed E-state index contributed by atoms with van der Waals surface area (Å²) in [5.41, 5.74) is 2.68. The van der Waals surface area contributed by atoms with E-state index in [-0.39, 0.29) is 12.3 Å². The zero-order valence-electron chi connectivity index (χ0n) is 13.5. The molecule has 25 heavy (non-hydrogen) atoms. The number of aromatic nitrogens is 3. The van der Waals surface area contributed by atoms with E-state index in [4.69, 9.17) is 5.11 Å². The van der Waals surface area contributed by atoms with Crippen molar-refractivity contribution in [3.05, 3.63) is 66.5 Å². The number of pyridine rings is 1. The summed E-state index contributed by atoms with van der Waals surface area (Å²) < 4.78 is 1.64. The standard InChI is InChI=1S/C18H16N4O3/c1-22-9-8-19-17(22)18(25)21-15-5-3-2-4-14(15)12-6-7-13(20-11-12)10-16(23)24/h2-9,11H,10H2,1H3,(H,21,25)(H,23,24). The van der Waals surface area contributed by atoms with Crippen molar-refractivity contribution in [1.29, 1.82) is 0 Å². The molecular weight excluding hydrogens is 320 g/mol. The van der Waals surface area contributed by atoms with Crippen molar-refractivity contribution in [2.45, 2.75) is 6.42 Å². The Morgan fingerprint density at radius 3 is 2.60 bits per heavy atom. The van der Waals surface area contributed by atoms with Crippen LogP contribution in [0.15, 0.2) is 55.0 Å². The molecule has 0 aliphatic heterocycles. The monoisotopic (exact) mass is 336 g/mol. The molecule has 0 atom stereocenters. The molecule has 1 amide bonds. The molecule has 0 saturated carbocycles. The minimum absolute atomic E-state index is 0.127. The second-order valence-corrected chi connectivity index (χ2v) is 5.47. The lowest BCUT2D eigenvalue weighted by Gasteiger charge is -2.11. The minimum Gasteiger partial charge on any atom is -0.481 e. The molecule has 1 aromatic carbocycles. The van der Waals surface area contributed by atoms with E-state index in [0.717, 1.165) is 11.1 Å². The van der Waals surface area contributed by atoms with Crippen molar-refractivity contribution in [2.24, 2.45) is 7.05 Å². The summed E-state index contributed by atoms with van der Waals surface area (Å²) in [6.45, 7) is 0. The molecule has 0 bridgehead atoms. The smallest absolute Gasteiger partial charge is 0.309 e. The quantitative estimate of drug-likeness (QED) is 0.745. The molecule has 0 spiro atoms. The van der Waals surface area contributed by atoms with E-state index in [2.05, 4.69) is 15.3 Å². The molecule has 126 valence electrons. The van der Waals surface area contributed by atoms with Crippen LogP contribution >= 0.6 is 0 Å². The summed E-state index contributed by atoms with van der Waals surface area (Å²) in [7, 11) is 1.75. The van der Waals surface area contributed by atoms with Crippen LogP contribution < -0.4 is 5.32 Å². The van der Waals surface area contributed by atoms with Crippen LogP contribution in [0.3, 0.4) is 0 Å². The Morgan fingerprint density at radius 2 is 1.96 bits per heavy atom. The number of hydrogen-bond acceptors (Lipinski definition) is 4. The molecule has 3 aromatic rings. The molecule has 3 rings (SSSR count). The summed E-state index contributed by atoms with van der Waals surface area (Å²) in [4.78, 5) is 31.3. The first kappa shape index (κ1) is 16.4. The number of para-hydroxylation sites is 1. The summed E-state index contributed by atoms with van der Waals surface area (Å²) in [6, 6.07) is 10.8. The Bertz CT molecular complexity index is 916. The fourth-order valence-electron chi connectivity index (χ4n) is 2.45. The number of carbonyl (C=O) groups is 2. The minimum atomic E-state index is -0.928. The highest BCUT2D eigenvalue weighted by Gasteiger charge is 2.14. The molecule has 2 heterocycles. The first-order chi connectivity index (χ1) is 12.0. The number of nitrogens with one attached hydrogen (secondary N) is 1. The van der Waals surface area contributed by atoms with E-state index in [9.17, 15) is 9.59 Å². The largest absolute Gasteiger partial charge is 0.481 e. The number of rotatable bonds is 5. The zero-order chi connectivity index (χ0) is 17.8. The lowest BCUT2D eigenvalue weighted by molar-refractivity contribution is -0.136. The second kappa shape index (κ2) is 6.96. The number of carbonyl (C=O) groups excluding carboxylic acids is 1. The van der Waals surface area contributed by atoms with E-state index < -0.39 is 5.97 Å². The van der Waals surface area contributed by atoms with Gasteiger partial charge in [0.15, 0.2) is 5.82 Å². The van der Waals surface area contributed by atoms with E-state index in [1.54, 1.807) is 48.4 Å². The predicted molar refractivity (Wildman–Crippen MR) is 92.2 cm³/mol. The zero-order valence-corrected chi connectivity index (χ0v) is 13.5. The topological polar surface area (TPSA) is 97.1 Å². The summed E-state index contributed by atoms with van der Waals surface area (Å²) in [5, 5.41) is 11.7.